The van der Waals surface area contributed by atoms with Crippen LogP contribution in [-0.4, -0.2) is 36.3 Å². The number of benzene rings is 3. The van der Waals surface area contributed by atoms with Gasteiger partial charge in [-0.15, -0.1) is 0 Å². The highest BCUT2D eigenvalue weighted by Crippen LogP contribution is 2.39. The van der Waals surface area contributed by atoms with Crippen molar-refractivity contribution in [1.29, 1.82) is 0 Å². The maximum Gasteiger partial charge on any atom is 0.293 e. The maximum atomic E-state index is 12.8. The third-order valence-electron chi connectivity index (χ3n) is 5.05. The van der Waals surface area contributed by atoms with Crippen LogP contribution in [-0.2, 0) is 11.4 Å². The van der Waals surface area contributed by atoms with E-state index in [9.17, 15) is 9.59 Å². The number of methoxy groups -OCH3 is 1. The number of thioether (sulfide) groups is 1. The molecule has 0 unspecified atom stereocenters. The molecule has 1 heterocycles. The molecule has 180 valence electrons. The van der Waals surface area contributed by atoms with Gasteiger partial charge in [0.05, 0.1) is 23.6 Å². The summed E-state index contributed by atoms with van der Waals surface area (Å²) < 4.78 is 16.9. The first-order valence-electron chi connectivity index (χ1n) is 10.6. The van der Waals surface area contributed by atoms with E-state index in [1.54, 1.807) is 42.5 Å². The summed E-state index contributed by atoms with van der Waals surface area (Å²) in [7, 11) is 1.51. The minimum atomic E-state index is -0.390. The van der Waals surface area contributed by atoms with Gasteiger partial charge < -0.3 is 14.2 Å². The lowest BCUT2D eigenvalue weighted by Crippen LogP contribution is -2.32. The highest BCUT2D eigenvalue weighted by Gasteiger charge is 2.35. The Morgan fingerprint density at radius 1 is 0.971 bits per heavy atom. The first kappa shape index (κ1) is 25.0. The van der Waals surface area contributed by atoms with Crippen molar-refractivity contribution in [2.24, 2.45) is 0 Å². The van der Waals surface area contributed by atoms with Crippen LogP contribution in [0.1, 0.15) is 11.1 Å². The fourth-order valence-corrected chi connectivity index (χ4v) is 4.59. The zero-order valence-corrected chi connectivity index (χ0v) is 21.0. The van der Waals surface area contributed by atoms with Gasteiger partial charge in [0.15, 0.2) is 11.5 Å². The van der Waals surface area contributed by atoms with E-state index in [1.165, 1.54) is 7.11 Å². The van der Waals surface area contributed by atoms with Gasteiger partial charge in [0.2, 0.25) is 0 Å². The minimum Gasteiger partial charge on any atom is -0.493 e. The summed E-state index contributed by atoms with van der Waals surface area (Å²) in [6.45, 7) is 0.619. The summed E-state index contributed by atoms with van der Waals surface area (Å²) in [5.41, 5.74) is 1.60. The Labute approximate surface area is 217 Å². The van der Waals surface area contributed by atoms with Crippen molar-refractivity contribution in [2.45, 2.75) is 6.61 Å². The summed E-state index contributed by atoms with van der Waals surface area (Å²) in [6.07, 6.45) is 1.61. The lowest BCUT2D eigenvalue weighted by molar-refractivity contribution is -0.123. The molecule has 3 aromatic rings. The summed E-state index contributed by atoms with van der Waals surface area (Å²) in [5.74, 6) is 1.05. The average molecular weight is 530 g/mol. The third kappa shape index (κ3) is 6.31. The van der Waals surface area contributed by atoms with Gasteiger partial charge >= 0.3 is 0 Å². The molecule has 0 atom stereocenters. The quantitative estimate of drug-likeness (QED) is 0.287. The minimum absolute atomic E-state index is 0.126. The van der Waals surface area contributed by atoms with Crippen molar-refractivity contribution >= 4 is 52.2 Å². The number of ether oxygens (including phenoxy) is 3. The Morgan fingerprint density at radius 3 is 2.43 bits per heavy atom. The monoisotopic (exact) mass is 529 g/mol. The van der Waals surface area contributed by atoms with Gasteiger partial charge in [-0.2, -0.15) is 0 Å². The Kier molecular flexibility index (Phi) is 8.23. The summed E-state index contributed by atoms with van der Waals surface area (Å²) in [5, 5.41) is 0.574. The van der Waals surface area contributed by atoms with Crippen LogP contribution in [0.5, 0.6) is 17.2 Å². The smallest absolute Gasteiger partial charge is 0.293 e. The molecule has 0 radical (unpaired) electrons. The topological polar surface area (TPSA) is 65.1 Å². The summed E-state index contributed by atoms with van der Waals surface area (Å²) in [4.78, 5) is 26.7. The number of nitrogens with zero attached hydrogens (tertiary/aromatic N) is 1. The molecular formula is C26H21Cl2NO5S. The van der Waals surface area contributed by atoms with Gasteiger partial charge in [0.1, 0.15) is 19.0 Å². The number of halogens is 2. The van der Waals surface area contributed by atoms with E-state index in [0.29, 0.717) is 39.5 Å². The molecule has 0 saturated carbocycles. The van der Waals surface area contributed by atoms with E-state index in [4.69, 9.17) is 37.4 Å². The Balaban J connectivity index is 1.43. The number of hydrogen-bond acceptors (Lipinski definition) is 6. The van der Waals surface area contributed by atoms with Gasteiger partial charge in [-0.05, 0) is 65.4 Å². The van der Waals surface area contributed by atoms with Crippen molar-refractivity contribution in [3.8, 4) is 17.2 Å². The van der Waals surface area contributed by atoms with Crippen LogP contribution < -0.4 is 14.2 Å². The molecule has 0 aliphatic carbocycles. The molecule has 0 N–H and O–H groups in total. The van der Waals surface area contributed by atoms with E-state index in [1.807, 2.05) is 30.3 Å². The molecule has 0 spiro atoms. The van der Waals surface area contributed by atoms with Gasteiger partial charge in [0, 0.05) is 5.02 Å². The second-order valence-electron chi connectivity index (χ2n) is 7.44. The third-order valence-corrected chi connectivity index (χ3v) is 6.49. The molecule has 1 fully saturated rings. The second-order valence-corrected chi connectivity index (χ2v) is 9.28. The fourth-order valence-electron chi connectivity index (χ4n) is 3.32. The lowest BCUT2D eigenvalue weighted by Gasteiger charge is -2.14. The number of amides is 2. The number of hydrogen-bond donors (Lipinski definition) is 0. The van der Waals surface area contributed by atoms with Crippen LogP contribution >= 0.6 is 35.0 Å². The predicted octanol–water partition coefficient (Wildman–Crippen LogP) is 6.70. The number of rotatable bonds is 9. The molecular weight excluding hydrogens is 509 g/mol. The van der Waals surface area contributed by atoms with Crippen LogP contribution in [0.15, 0.2) is 71.6 Å². The van der Waals surface area contributed by atoms with Crippen molar-refractivity contribution in [3.05, 3.63) is 92.8 Å². The van der Waals surface area contributed by atoms with Crippen molar-refractivity contribution in [3.63, 3.8) is 0 Å². The summed E-state index contributed by atoms with van der Waals surface area (Å²) >= 11 is 13.2. The van der Waals surface area contributed by atoms with Crippen molar-refractivity contribution in [1.82, 2.24) is 4.90 Å². The molecule has 1 aliphatic heterocycles. The molecule has 1 aliphatic rings. The SMILES string of the molecule is COc1cc(/C=C2\SC(=O)N(CCOc3ccc(Cl)cc3)C2=O)cc(Cl)c1OCc1ccccc1. The van der Waals surface area contributed by atoms with E-state index < -0.39 is 0 Å². The Hall–Kier alpha value is -3.13. The zero-order valence-electron chi connectivity index (χ0n) is 18.7. The molecule has 0 aromatic heterocycles. The highest BCUT2D eigenvalue weighted by molar-refractivity contribution is 8.18. The largest absolute Gasteiger partial charge is 0.493 e. The first-order valence-corrected chi connectivity index (χ1v) is 12.2. The van der Waals surface area contributed by atoms with E-state index in [0.717, 1.165) is 22.2 Å². The van der Waals surface area contributed by atoms with Gasteiger partial charge in [-0.1, -0.05) is 53.5 Å². The molecule has 1 saturated heterocycles. The van der Waals surface area contributed by atoms with E-state index in [2.05, 4.69) is 0 Å². The van der Waals surface area contributed by atoms with Crippen LogP contribution in [0, 0.1) is 0 Å². The Morgan fingerprint density at radius 2 is 1.71 bits per heavy atom. The standard InChI is InChI=1S/C26H21Cl2NO5S/c1-32-22-14-18(13-21(28)24(22)34-16-17-5-3-2-4-6-17)15-23-25(30)29(26(31)35-23)11-12-33-20-9-7-19(27)8-10-20/h2-10,13-15H,11-12,16H2,1H3/b23-15-. The predicted molar refractivity (Wildman–Crippen MR) is 138 cm³/mol. The molecule has 35 heavy (non-hydrogen) atoms. The lowest BCUT2D eigenvalue weighted by atomic mass is 10.1. The van der Waals surface area contributed by atoms with E-state index >= 15 is 0 Å². The van der Waals surface area contributed by atoms with Gasteiger partial charge in [-0.25, -0.2) is 0 Å². The van der Waals surface area contributed by atoms with Gasteiger partial charge in [-0.3, -0.25) is 14.5 Å². The van der Waals surface area contributed by atoms with Crippen molar-refractivity contribution < 1.29 is 23.8 Å². The first-order chi connectivity index (χ1) is 16.9. The van der Waals surface area contributed by atoms with Crippen LogP contribution in [0.3, 0.4) is 0 Å². The molecule has 4 rings (SSSR count). The molecule has 6 nitrogen and oxygen atoms in total. The van der Waals surface area contributed by atoms with Crippen molar-refractivity contribution in [2.75, 3.05) is 20.3 Å². The number of carbonyl (C=O) groups is 2. The highest BCUT2D eigenvalue weighted by atomic mass is 35.5. The van der Waals surface area contributed by atoms with Crippen LogP contribution in [0.2, 0.25) is 10.0 Å². The zero-order chi connectivity index (χ0) is 24.8. The number of carbonyl (C=O) groups excluding carboxylic acids is 2. The van der Waals surface area contributed by atoms with E-state index in [-0.39, 0.29) is 29.2 Å². The van der Waals surface area contributed by atoms with Crippen LogP contribution in [0.25, 0.3) is 6.08 Å². The second kappa shape index (κ2) is 11.5. The maximum absolute atomic E-state index is 12.8. The Bertz CT molecular complexity index is 1250. The number of imide groups is 1. The molecule has 3 aromatic carbocycles. The van der Waals surface area contributed by atoms with Crippen LogP contribution in [0.4, 0.5) is 4.79 Å². The average Bonchev–Trinajstić information content (AvgIpc) is 3.12. The molecule has 2 amide bonds. The fraction of sp³-hybridized carbons (Fsp3) is 0.154. The normalized spacial score (nSPS) is 14.5. The molecule has 0 bridgehead atoms. The van der Waals surface area contributed by atoms with Gasteiger partial charge in [0.25, 0.3) is 11.1 Å². The summed E-state index contributed by atoms with van der Waals surface area (Å²) in [6, 6.07) is 19.9. The molecule has 9 heteroatoms.